The van der Waals surface area contributed by atoms with E-state index in [0.717, 1.165) is 40.0 Å². The first-order valence-electron chi connectivity index (χ1n) is 9.50. The molecular formula is C25H22O4. The van der Waals surface area contributed by atoms with Gasteiger partial charge < -0.3 is 14.2 Å². The maximum atomic E-state index is 11.1. The van der Waals surface area contributed by atoms with Crippen molar-refractivity contribution in [1.82, 2.24) is 0 Å². The molecular weight excluding hydrogens is 364 g/mol. The molecule has 0 fully saturated rings. The molecule has 146 valence electrons. The van der Waals surface area contributed by atoms with Crippen LogP contribution in [0.1, 0.15) is 27.0 Å². The minimum Gasteiger partial charge on any atom is -0.496 e. The fourth-order valence-electron chi connectivity index (χ4n) is 3.47. The molecule has 29 heavy (non-hydrogen) atoms. The molecule has 0 spiro atoms. The van der Waals surface area contributed by atoms with Crippen LogP contribution in [0.3, 0.4) is 0 Å². The van der Waals surface area contributed by atoms with Gasteiger partial charge in [-0.2, -0.15) is 0 Å². The van der Waals surface area contributed by atoms with Crippen molar-refractivity contribution in [1.29, 1.82) is 0 Å². The molecule has 0 bridgehead atoms. The number of hydrogen-bond donors (Lipinski definition) is 0. The van der Waals surface area contributed by atoms with Crippen LogP contribution in [0.15, 0.2) is 54.6 Å². The highest BCUT2D eigenvalue weighted by Gasteiger charge is 2.13. The van der Waals surface area contributed by atoms with E-state index in [1.165, 1.54) is 5.56 Å². The smallest absolute Gasteiger partial charge is 0.161 e. The Morgan fingerprint density at radius 1 is 0.897 bits per heavy atom. The number of carbonyl (C=O) groups is 1. The number of benzene rings is 3. The fraction of sp³-hybridized carbons (Fsp3) is 0.160. The predicted octanol–water partition coefficient (Wildman–Crippen LogP) is 5.42. The average Bonchev–Trinajstić information content (AvgIpc) is 2.77. The van der Waals surface area contributed by atoms with Crippen LogP contribution >= 0.6 is 0 Å². The first-order chi connectivity index (χ1) is 14.2. The fourth-order valence-corrected chi connectivity index (χ4v) is 3.47. The zero-order valence-electron chi connectivity index (χ0n) is 16.5. The van der Waals surface area contributed by atoms with Crippen LogP contribution in [0.5, 0.6) is 17.2 Å². The second-order valence-corrected chi connectivity index (χ2v) is 6.83. The van der Waals surface area contributed by atoms with Crippen LogP contribution in [-0.2, 0) is 0 Å². The Morgan fingerprint density at radius 2 is 1.72 bits per heavy atom. The van der Waals surface area contributed by atoms with E-state index in [1.54, 1.807) is 13.2 Å². The number of carbonyl (C=O) groups excluding carboxylic acids is 1. The first-order valence-corrected chi connectivity index (χ1v) is 9.50. The lowest BCUT2D eigenvalue weighted by Crippen LogP contribution is -2.15. The molecule has 3 aromatic carbocycles. The molecule has 1 heterocycles. The lowest BCUT2D eigenvalue weighted by Gasteiger charge is -2.19. The van der Waals surface area contributed by atoms with Crippen molar-refractivity contribution in [2.75, 3.05) is 20.3 Å². The van der Waals surface area contributed by atoms with Crippen molar-refractivity contribution in [2.24, 2.45) is 0 Å². The van der Waals surface area contributed by atoms with Gasteiger partial charge in [0, 0.05) is 0 Å². The Labute approximate surface area is 170 Å². The summed E-state index contributed by atoms with van der Waals surface area (Å²) in [6, 6.07) is 17.8. The van der Waals surface area contributed by atoms with Gasteiger partial charge in [-0.25, -0.2) is 0 Å². The highest BCUT2D eigenvalue weighted by molar-refractivity contribution is 5.82. The molecule has 0 radical (unpaired) electrons. The van der Waals surface area contributed by atoms with E-state index < -0.39 is 0 Å². The Balaban J connectivity index is 1.65. The van der Waals surface area contributed by atoms with Crippen molar-refractivity contribution in [3.8, 4) is 28.4 Å². The van der Waals surface area contributed by atoms with Crippen LogP contribution in [0, 0.1) is 6.92 Å². The highest BCUT2D eigenvalue weighted by atomic mass is 16.6. The summed E-state index contributed by atoms with van der Waals surface area (Å²) < 4.78 is 16.6. The van der Waals surface area contributed by atoms with Crippen LogP contribution in [0.4, 0.5) is 0 Å². The van der Waals surface area contributed by atoms with Crippen molar-refractivity contribution in [3.05, 3.63) is 76.9 Å². The molecule has 3 aromatic rings. The molecule has 0 atom stereocenters. The van der Waals surface area contributed by atoms with Crippen molar-refractivity contribution >= 4 is 18.4 Å². The summed E-state index contributed by atoms with van der Waals surface area (Å²) >= 11 is 0. The number of fused-ring (bicyclic) bond motifs is 1. The normalized spacial score (nSPS) is 12.8. The van der Waals surface area contributed by atoms with Gasteiger partial charge in [-0.15, -0.1) is 0 Å². The highest BCUT2D eigenvalue weighted by Crippen LogP contribution is 2.36. The van der Waals surface area contributed by atoms with E-state index in [0.29, 0.717) is 24.5 Å². The Kier molecular flexibility index (Phi) is 5.34. The quantitative estimate of drug-likeness (QED) is 0.434. The van der Waals surface area contributed by atoms with Gasteiger partial charge in [0.15, 0.2) is 17.8 Å². The van der Waals surface area contributed by atoms with Crippen LogP contribution < -0.4 is 14.2 Å². The van der Waals surface area contributed by atoms with Gasteiger partial charge in [0.05, 0.1) is 12.7 Å². The standard InChI is InChI=1S/C25H22O4/c1-17-19(8-6-18-7-9-21(16-26)24(14-18)27-2)4-3-5-22(17)20-10-11-23-25(15-20)29-13-12-28-23/h3-11,14-16H,12-13H2,1-2H3/b8-6+. The summed E-state index contributed by atoms with van der Waals surface area (Å²) in [4.78, 5) is 11.1. The summed E-state index contributed by atoms with van der Waals surface area (Å²) in [5, 5.41) is 0. The summed E-state index contributed by atoms with van der Waals surface area (Å²) in [5.74, 6) is 2.15. The third kappa shape index (κ3) is 3.87. The lowest BCUT2D eigenvalue weighted by atomic mass is 9.95. The topological polar surface area (TPSA) is 44.8 Å². The van der Waals surface area contributed by atoms with Gasteiger partial charge in [0.1, 0.15) is 19.0 Å². The van der Waals surface area contributed by atoms with Crippen LogP contribution in [0.2, 0.25) is 0 Å². The van der Waals surface area contributed by atoms with Crippen LogP contribution in [-0.4, -0.2) is 26.6 Å². The summed E-state index contributed by atoms with van der Waals surface area (Å²) in [6.45, 7) is 3.27. The molecule has 4 rings (SSSR count). The molecule has 0 unspecified atom stereocenters. The third-order valence-corrected chi connectivity index (χ3v) is 5.07. The number of rotatable bonds is 5. The van der Waals surface area contributed by atoms with Gasteiger partial charge in [0.25, 0.3) is 0 Å². The molecule has 0 amide bonds. The van der Waals surface area contributed by atoms with Crippen molar-refractivity contribution < 1.29 is 19.0 Å². The third-order valence-electron chi connectivity index (χ3n) is 5.07. The second kappa shape index (κ2) is 8.23. The van der Waals surface area contributed by atoms with Gasteiger partial charge in [0.2, 0.25) is 0 Å². The zero-order valence-corrected chi connectivity index (χ0v) is 16.5. The first kappa shape index (κ1) is 18.8. The number of ether oxygens (including phenoxy) is 3. The van der Waals surface area contributed by atoms with E-state index in [1.807, 2.05) is 30.3 Å². The van der Waals surface area contributed by atoms with E-state index >= 15 is 0 Å². The molecule has 1 aliphatic heterocycles. The van der Waals surface area contributed by atoms with Gasteiger partial charge in [-0.3, -0.25) is 4.79 Å². The molecule has 1 aliphatic rings. The van der Waals surface area contributed by atoms with Gasteiger partial charge in [-0.05, 0) is 59.0 Å². The maximum absolute atomic E-state index is 11.1. The maximum Gasteiger partial charge on any atom is 0.161 e. The predicted molar refractivity (Wildman–Crippen MR) is 115 cm³/mol. The number of methoxy groups -OCH3 is 1. The summed E-state index contributed by atoms with van der Waals surface area (Å²) in [6.07, 6.45) is 4.90. The van der Waals surface area contributed by atoms with E-state index in [9.17, 15) is 4.79 Å². The molecule has 4 heteroatoms. The molecule has 0 aromatic heterocycles. The largest absolute Gasteiger partial charge is 0.496 e. The Bertz CT molecular complexity index is 1080. The minimum atomic E-state index is 0.543. The summed E-state index contributed by atoms with van der Waals surface area (Å²) in [5.41, 5.74) is 6.06. The van der Waals surface area contributed by atoms with Crippen LogP contribution in [0.25, 0.3) is 23.3 Å². The molecule has 4 nitrogen and oxygen atoms in total. The lowest BCUT2D eigenvalue weighted by molar-refractivity contribution is 0.112. The van der Waals surface area contributed by atoms with E-state index in [2.05, 4.69) is 37.3 Å². The van der Waals surface area contributed by atoms with Gasteiger partial charge in [-0.1, -0.05) is 42.5 Å². The second-order valence-electron chi connectivity index (χ2n) is 6.83. The molecule has 0 N–H and O–H groups in total. The minimum absolute atomic E-state index is 0.543. The zero-order chi connectivity index (χ0) is 20.2. The molecule has 0 saturated heterocycles. The van der Waals surface area contributed by atoms with E-state index in [4.69, 9.17) is 14.2 Å². The Hall–Kier alpha value is -3.53. The average molecular weight is 386 g/mol. The molecule has 0 saturated carbocycles. The van der Waals surface area contributed by atoms with Crippen molar-refractivity contribution in [3.63, 3.8) is 0 Å². The monoisotopic (exact) mass is 386 g/mol. The number of hydrogen-bond acceptors (Lipinski definition) is 4. The summed E-state index contributed by atoms with van der Waals surface area (Å²) in [7, 11) is 1.57. The SMILES string of the molecule is COc1cc(/C=C/c2cccc(-c3ccc4c(c3)OCCO4)c2C)ccc1C=O. The van der Waals surface area contributed by atoms with Gasteiger partial charge >= 0.3 is 0 Å². The molecule has 0 aliphatic carbocycles. The number of aldehydes is 1. The van der Waals surface area contributed by atoms with Crippen molar-refractivity contribution in [2.45, 2.75) is 6.92 Å². The Morgan fingerprint density at radius 3 is 2.52 bits per heavy atom. The van der Waals surface area contributed by atoms with E-state index in [-0.39, 0.29) is 0 Å².